The van der Waals surface area contributed by atoms with Crippen LogP contribution < -0.4 is 15.2 Å². The van der Waals surface area contributed by atoms with Crippen LogP contribution in [0.3, 0.4) is 0 Å². The Bertz CT molecular complexity index is 485. The summed E-state index contributed by atoms with van der Waals surface area (Å²) in [6.45, 7) is 5.84. The molecule has 1 aromatic rings. The molecule has 2 rings (SSSR count). The van der Waals surface area contributed by atoms with E-state index in [0.29, 0.717) is 16.5 Å². The highest BCUT2D eigenvalue weighted by Crippen LogP contribution is 2.38. The summed E-state index contributed by atoms with van der Waals surface area (Å²) in [7, 11) is 3.22. The zero-order chi connectivity index (χ0) is 14.8. The third kappa shape index (κ3) is 3.95. The summed E-state index contributed by atoms with van der Waals surface area (Å²) in [5.74, 6) is 1.27. The summed E-state index contributed by atoms with van der Waals surface area (Å²) in [4.78, 5) is 2.39. The molecule has 0 aliphatic carbocycles. The van der Waals surface area contributed by atoms with Crippen molar-refractivity contribution in [2.24, 2.45) is 11.1 Å². The first-order valence-electron chi connectivity index (χ1n) is 6.85. The Morgan fingerprint density at radius 1 is 1.33 bits per heavy atom. The average Bonchev–Trinajstić information content (AvgIpc) is 2.83. The Morgan fingerprint density at radius 3 is 2.57 bits per heavy atom. The highest BCUT2D eigenvalue weighted by molar-refractivity contribution is 6.33. The molecule has 0 bridgehead atoms. The van der Waals surface area contributed by atoms with Crippen molar-refractivity contribution in [3.8, 4) is 11.5 Å². The van der Waals surface area contributed by atoms with Crippen molar-refractivity contribution >= 4 is 24.0 Å². The second-order valence-corrected chi connectivity index (χ2v) is 6.13. The van der Waals surface area contributed by atoms with Crippen LogP contribution in [-0.2, 0) is 6.54 Å². The first-order valence-corrected chi connectivity index (χ1v) is 7.22. The third-order valence-electron chi connectivity index (χ3n) is 4.09. The molecule has 1 aromatic carbocycles. The van der Waals surface area contributed by atoms with E-state index >= 15 is 0 Å². The summed E-state index contributed by atoms with van der Waals surface area (Å²) < 4.78 is 10.6. The van der Waals surface area contributed by atoms with Crippen LogP contribution in [0.25, 0.3) is 0 Å². The lowest BCUT2D eigenvalue weighted by Gasteiger charge is -2.23. The maximum absolute atomic E-state index is 6.42. The van der Waals surface area contributed by atoms with E-state index in [4.69, 9.17) is 26.8 Å². The molecule has 4 nitrogen and oxygen atoms in total. The Balaban J connectivity index is 0.00000220. The highest BCUT2D eigenvalue weighted by atomic mass is 35.5. The summed E-state index contributed by atoms with van der Waals surface area (Å²) in [6, 6.07) is 3.90. The summed E-state index contributed by atoms with van der Waals surface area (Å²) >= 11 is 6.42. The van der Waals surface area contributed by atoms with Crippen molar-refractivity contribution in [1.82, 2.24) is 4.90 Å². The number of halogens is 2. The maximum Gasteiger partial charge on any atom is 0.179 e. The lowest BCUT2D eigenvalue weighted by atomic mass is 9.90. The van der Waals surface area contributed by atoms with Gasteiger partial charge in [0.05, 0.1) is 19.2 Å². The van der Waals surface area contributed by atoms with Crippen LogP contribution in [0.1, 0.15) is 18.9 Å². The van der Waals surface area contributed by atoms with Crippen LogP contribution >= 0.6 is 24.0 Å². The van der Waals surface area contributed by atoms with Crippen LogP contribution in [-0.4, -0.2) is 38.8 Å². The molecule has 1 aliphatic heterocycles. The molecule has 1 saturated heterocycles. The van der Waals surface area contributed by atoms with Gasteiger partial charge in [-0.25, -0.2) is 0 Å². The normalized spacial score (nSPS) is 22.0. The Morgan fingerprint density at radius 2 is 2.05 bits per heavy atom. The lowest BCUT2D eigenvalue weighted by molar-refractivity contribution is 0.274. The summed E-state index contributed by atoms with van der Waals surface area (Å²) in [5.41, 5.74) is 7.13. The van der Waals surface area contributed by atoms with Crippen molar-refractivity contribution in [3.63, 3.8) is 0 Å². The number of hydrogen-bond acceptors (Lipinski definition) is 4. The van der Waals surface area contributed by atoms with Gasteiger partial charge in [-0.2, -0.15) is 0 Å². The topological polar surface area (TPSA) is 47.7 Å². The van der Waals surface area contributed by atoms with Gasteiger partial charge in [-0.15, -0.1) is 12.4 Å². The first kappa shape index (κ1) is 18.4. The smallest absolute Gasteiger partial charge is 0.179 e. The van der Waals surface area contributed by atoms with Gasteiger partial charge < -0.3 is 15.2 Å². The molecule has 1 aliphatic rings. The van der Waals surface area contributed by atoms with Crippen molar-refractivity contribution in [1.29, 1.82) is 0 Å². The minimum Gasteiger partial charge on any atom is -0.493 e. The molecule has 0 amide bonds. The van der Waals surface area contributed by atoms with Gasteiger partial charge in [0, 0.05) is 13.1 Å². The minimum absolute atomic E-state index is 0. The number of hydrogen-bond donors (Lipinski definition) is 1. The molecule has 6 heteroatoms. The third-order valence-corrected chi connectivity index (χ3v) is 4.50. The lowest BCUT2D eigenvalue weighted by Crippen LogP contribution is -2.31. The zero-order valence-corrected chi connectivity index (χ0v) is 14.4. The molecule has 1 atom stereocenters. The van der Waals surface area contributed by atoms with Crippen molar-refractivity contribution in [2.45, 2.75) is 19.9 Å². The predicted molar refractivity (Wildman–Crippen MR) is 88.9 cm³/mol. The molecule has 21 heavy (non-hydrogen) atoms. The molecular weight excluding hydrogens is 311 g/mol. The van der Waals surface area contributed by atoms with Crippen LogP contribution in [0.4, 0.5) is 0 Å². The SMILES string of the molecule is COc1ccc(CN2CCC(C)(CN)C2)c(Cl)c1OC.Cl. The molecule has 0 spiro atoms. The van der Waals surface area contributed by atoms with E-state index in [1.165, 1.54) is 0 Å². The highest BCUT2D eigenvalue weighted by Gasteiger charge is 2.32. The minimum atomic E-state index is 0. The zero-order valence-electron chi connectivity index (χ0n) is 12.8. The molecule has 1 heterocycles. The van der Waals surface area contributed by atoms with E-state index < -0.39 is 0 Å². The van der Waals surface area contributed by atoms with Gasteiger partial charge in [-0.05, 0) is 36.6 Å². The van der Waals surface area contributed by atoms with Gasteiger partial charge in [-0.3, -0.25) is 4.90 Å². The monoisotopic (exact) mass is 334 g/mol. The van der Waals surface area contributed by atoms with Crippen molar-refractivity contribution < 1.29 is 9.47 Å². The molecule has 0 radical (unpaired) electrons. The van der Waals surface area contributed by atoms with Crippen molar-refractivity contribution in [3.05, 3.63) is 22.7 Å². The predicted octanol–water partition coefficient (Wildman–Crippen LogP) is 2.95. The molecule has 1 unspecified atom stereocenters. The number of nitrogens with zero attached hydrogens (tertiary/aromatic N) is 1. The fraction of sp³-hybridized carbons (Fsp3) is 0.600. The van der Waals surface area contributed by atoms with Gasteiger partial charge >= 0.3 is 0 Å². The fourth-order valence-electron chi connectivity index (χ4n) is 2.72. The van der Waals surface area contributed by atoms with Crippen LogP contribution in [0.2, 0.25) is 5.02 Å². The number of benzene rings is 1. The van der Waals surface area contributed by atoms with Gasteiger partial charge in [0.1, 0.15) is 0 Å². The molecule has 2 N–H and O–H groups in total. The standard InChI is InChI=1S/C15H23ClN2O2.ClH/c1-15(9-17)6-7-18(10-15)8-11-4-5-12(19-2)14(20-3)13(11)16;/h4-5H,6-10,17H2,1-3H3;1H. The molecule has 0 saturated carbocycles. The number of likely N-dealkylation sites (tertiary alicyclic amines) is 1. The quantitative estimate of drug-likeness (QED) is 0.899. The van der Waals surface area contributed by atoms with Gasteiger partial charge in [-0.1, -0.05) is 24.6 Å². The van der Waals surface area contributed by atoms with Crippen LogP contribution in [0.5, 0.6) is 11.5 Å². The fourth-order valence-corrected chi connectivity index (χ4v) is 3.01. The van der Waals surface area contributed by atoms with Crippen molar-refractivity contribution in [2.75, 3.05) is 33.9 Å². The second kappa shape index (κ2) is 7.54. The second-order valence-electron chi connectivity index (χ2n) is 5.75. The Labute approximate surface area is 137 Å². The van der Waals surface area contributed by atoms with Gasteiger partial charge in [0.15, 0.2) is 11.5 Å². The number of methoxy groups -OCH3 is 2. The molecule has 120 valence electrons. The largest absolute Gasteiger partial charge is 0.493 e. The van der Waals surface area contributed by atoms with E-state index in [1.54, 1.807) is 14.2 Å². The van der Waals surface area contributed by atoms with Gasteiger partial charge in [0.2, 0.25) is 0 Å². The van der Waals surface area contributed by atoms with E-state index in [1.807, 2.05) is 12.1 Å². The average molecular weight is 335 g/mol. The van der Waals surface area contributed by atoms with Crippen LogP contribution in [0, 0.1) is 5.41 Å². The van der Waals surface area contributed by atoms with Crippen LogP contribution in [0.15, 0.2) is 12.1 Å². The number of ether oxygens (including phenoxy) is 2. The summed E-state index contributed by atoms with van der Waals surface area (Å²) in [6.07, 6.45) is 1.13. The van der Waals surface area contributed by atoms with E-state index in [9.17, 15) is 0 Å². The molecule has 1 fully saturated rings. The van der Waals surface area contributed by atoms with E-state index in [2.05, 4.69) is 11.8 Å². The number of rotatable bonds is 5. The van der Waals surface area contributed by atoms with E-state index in [-0.39, 0.29) is 17.8 Å². The number of nitrogens with two attached hydrogens (primary N) is 1. The van der Waals surface area contributed by atoms with Gasteiger partial charge in [0.25, 0.3) is 0 Å². The molecule has 0 aromatic heterocycles. The van der Waals surface area contributed by atoms with E-state index in [0.717, 1.165) is 38.2 Å². The first-order chi connectivity index (χ1) is 9.53. The Kier molecular flexibility index (Phi) is 6.60. The maximum atomic E-state index is 6.42. The molecular formula is C15H24Cl2N2O2. The Hall–Kier alpha value is -0.680. The summed E-state index contributed by atoms with van der Waals surface area (Å²) in [5, 5.41) is 0.633.